The number of rotatable bonds is 7. The van der Waals surface area contributed by atoms with Crippen molar-refractivity contribution in [2.75, 3.05) is 40.0 Å². The molecule has 5 rings (SSSR count). The summed E-state index contributed by atoms with van der Waals surface area (Å²) in [6.07, 6.45) is 2.63. The van der Waals surface area contributed by atoms with E-state index >= 15 is 0 Å². The summed E-state index contributed by atoms with van der Waals surface area (Å²) in [4.78, 5) is 15.4. The molecule has 0 amide bonds. The van der Waals surface area contributed by atoms with Crippen LogP contribution in [0.25, 0.3) is 27.8 Å². The molecule has 9 nitrogen and oxygen atoms in total. The van der Waals surface area contributed by atoms with Crippen LogP contribution in [-0.2, 0) is 22.6 Å². The number of ether oxygens (including phenoxy) is 2. The molecule has 1 aliphatic rings. The van der Waals surface area contributed by atoms with E-state index in [0.29, 0.717) is 29.0 Å². The van der Waals surface area contributed by atoms with Crippen molar-refractivity contribution in [3.05, 3.63) is 58.4 Å². The van der Waals surface area contributed by atoms with Crippen LogP contribution in [0.4, 0.5) is 4.39 Å². The number of hydrogen-bond donors (Lipinski definition) is 0. The third-order valence-corrected chi connectivity index (χ3v) is 5.92. The fourth-order valence-corrected chi connectivity index (χ4v) is 4.24. The first-order valence-corrected chi connectivity index (χ1v) is 11.0. The molecule has 172 valence electrons. The molecule has 1 saturated heterocycles. The number of halogens is 1. The zero-order valence-corrected chi connectivity index (χ0v) is 18.4. The smallest absolute Gasteiger partial charge is 0.280 e. The van der Waals surface area contributed by atoms with Gasteiger partial charge in [0, 0.05) is 39.5 Å². The first-order chi connectivity index (χ1) is 16.2. The van der Waals surface area contributed by atoms with Crippen LogP contribution in [0.2, 0.25) is 0 Å². The summed E-state index contributed by atoms with van der Waals surface area (Å²) in [5.41, 5.74) is 3.22. The molecule has 0 spiro atoms. The average molecular weight is 452 g/mol. The lowest BCUT2D eigenvalue weighted by atomic mass is 10.1. The Morgan fingerprint density at radius 1 is 1.09 bits per heavy atom. The lowest BCUT2D eigenvalue weighted by Crippen LogP contribution is -2.37. The SMILES string of the molecule is COCc1nn2c(nnc3c(=O)n(CCCN4CCOCC4)ccc32)c1-c1ccc(F)cc1. The van der Waals surface area contributed by atoms with Gasteiger partial charge in [-0.15, -0.1) is 10.2 Å². The van der Waals surface area contributed by atoms with Crippen LogP contribution in [0.1, 0.15) is 12.1 Å². The molecule has 0 N–H and O–H groups in total. The van der Waals surface area contributed by atoms with E-state index in [1.54, 1.807) is 34.5 Å². The Hall–Kier alpha value is -3.21. The topological polar surface area (TPSA) is 86.8 Å². The van der Waals surface area contributed by atoms with Crippen molar-refractivity contribution >= 4 is 16.7 Å². The summed E-state index contributed by atoms with van der Waals surface area (Å²) < 4.78 is 27.4. The number of fused-ring (bicyclic) bond motifs is 3. The summed E-state index contributed by atoms with van der Waals surface area (Å²) in [6, 6.07) is 7.96. The molecule has 1 aromatic carbocycles. The molecule has 1 aliphatic heterocycles. The van der Waals surface area contributed by atoms with Crippen molar-refractivity contribution in [3.8, 4) is 11.1 Å². The average Bonchev–Trinajstić information content (AvgIpc) is 3.20. The highest BCUT2D eigenvalue weighted by atomic mass is 19.1. The quantitative estimate of drug-likeness (QED) is 0.425. The van der Waals surface area contributed by atoms with Crippen molar-refractivity contribution < 1.29 is 13.9 Å². The summed E-state index contributed by atoms with van der Waals surface area (Å²) >= 11 is 0. The minimum atomic E-state index is -0.325. The van der Waals surface area contributed by atoms with Crippen molar-refractivity contribution in [1.29, 1.82) is 0 Å². The van der Waals surface area contributed by atoms with E-state index in [-0.39, 0.29) is 23.5 Å². The lowest BCUT2D eigenvalue weighted by Gasteiger charge is -2.26. The van der Waals surface area contributed by atoms with Gasteiger partial charge in [-0.05, 0) is 30.2 Å². The molecule has 3 aromatic heterocycles. The largest absolute Gasteiger partial charge is 0.379 e. The van der Waals surface area contributed by atoms with E-state index in [2.05, 4.69) is 20.2 Å². The predicted molar refractivity (Wildman–Crippen MR) is 121 cm³/mol. The first kappa shape index (κ1) is 21.6. The van der Waals surface area contributed by atoms with Gasteiger partial charge in [-0.25, -0.2) is 8.91 Å². The van der Waals surface area contributed by atoms with Gasteiger partial charge in [0.05, 0.1) is 31.1 Å². The normalized spacial score (nSPS) is 15.0. The molecule has 0 atom stereocenters. The number of aryl methyl sites for hydroxylation is 1. The Bertz CT molecular complexity index is 1330. The second-order valence-electron chi connectivity index (χ2n) is 8.05. The maximum absolute atomic E-state index is 13.5. The number of morpholine rings is 1. The second kappa shape index (κ2) is 9.34. The van der Waals surface area contributed by atoms with Gasteiger partial charge in [0.1, 0.15) is 11.3 Å². The zero-order valence-electron chi connectivity index (χ0n) is 18.4. The van der Waals surface area contributed by atoms with Crippen LogP contribution in [0.15, 0.2) is 41.3 Å². The number of pyridine rings is 1. The molecule has 0 aliphatic carbocycles. The number of hydrogen-bond acceptors (Lipinski definition) is 7. The van der Waals surface area contributed by atoms with Gasteiger partial charge in [0.2, 0.25) is 0 Å². The fraction of sp³-hybridized carbons (Fsp3) is 0.391. The first-order valence-electron chi connectivity index (χ1n) is 11.0. The van der Waals surface area contributed by atoms with E-state index in [4.69, 9.17) is 9.47 Å². The summed E-state index contributed by atoms with van der Waals surface area (Å²) in [7, 11) is 1.58. The molecule has 4 aromatic rings. The van der Waals surface area contributed by atoms with Gasteiger partial charge >= 0.3 is 0 Å². The predicted octanol–water partition coefficient (Wildman–Crippen LogP) is 2.11. The van der Waals surface area contributed by atoms with Gasteiger partial charge < -0.3 is 14.0 Å². The molecular formula is C23H25FN6O3. The standard InChI is InChI=1S/C23H25FN6O3/c1-32-15-18-20(16-3-5-17(24)6-4-16)22-26-25-21-19(30(22)27-18)7-10-29(23(21)31)9-2-8-28-11-13-33-14-12-28/h3-7,10H,2,8-9,11-15H2,1H3. The third-order valence-electron chi connectivity index (χ3n) is 5.92. The second-order valence-corrected chi connectivity index (χ2v) is 8.05. The van der Waals surface area contributed by atoms with Crippen LogP contribution in [0, 0.1) is 5.82 Å². The van der Waals surface area contributed by atoms with Crippen molar-refractivity contribution in [2.24, 2.45) is 0 Å². The van der Waals surface area contributed by atoms with Crippen molar-refractivity contribution in [2.45, 2.75) is 19.6 Å². The molecule has 10 heteroatoms. The van der Waals surface area contributed by atoms with Crippen LogP contribution < -0.4 is 5.56 Å². The Labute approximate surface area is 189 Å². The maximum Gasteiger partial charge on any atom is 0.280 e. The Morgan fingerprint density at radius 2 is 1.88 bits per heavy atom. The van der Waals surface area contributed by atoms with Gasteiger partial charge in [-0.2, -0.15) is 5.10 Å². The number of nitrogens with zero attached hydrogens (tertiary/aromatic N) is 6. The lowest BCUT2D eigenvalue weighted by molar-refractivity contribution is 0.0369. The van der Waals surface area contributed by atoms with Crippen molar-refractivity contribution in [1.82, 2.24) is 29.3 Å². The molecule has 0 bridgehead atoms. The van der Waals surface area contributed by atoms with E-state index in [9.17, 15) is 9.18 Å². The van der Waals surface area contributed by atoms with Gasteiger partial charge in [0.15, 0.2) is 11.2 Å². The van der Waals surface area contributed by atoms with Crippen LogP contribution in [-0.4, -0.2) is 69.2 Å². The van der Waals surface area contributed by atoms with Crippen LogP contribution in [0.3, 0.4) is 0 Å². The summed E-state index contributed by atoms with van der Waals surface area (Å²) in [5, 5.41) is 13.2. The summed E-state index contributed by atoms with van der Waals surface area (Å²) in [5.74, 6) is -0.325. The zero-order chi connectivity index (χ0) is 22.8. The molecular weight excluding hydrogens is 427 g/mol. The molecule has 33 heavy (non-hydrogen) atoms. The summed E-state index contributed by atoms with van der Waals surface area (Å²) in [6.45, 7) is 5.13. The van der Waals surface area contributed by atoms with E-state index in [0.717, 1.165) is 44.8 Å². The number of methoxy groups -OCH3 is 1. The molecule has 0 radical (unpaired) electrons. The Morgan fingerprint density at radius 3 is 2.64 bits per heavy atom. The molecule has 0 unspecified atom stereocenters. The van der Waals surface area contributed by atoms with E-state index in [1.165, 1.54) is 12.1 Å². The minimum Gasteiger partial charge on any atom is -0.379 e. The third kappa shape index (κ3) is 4.24. The van der Waals surface area contributed by atoms with Crippen molar-refractivity contribution in [3.63, 3.8) is 0 Å². The number of benzene rings is 1. The molecule has 4 heterocycles. The molecule has 0 saturated carbocycles. The van der Waals surface area contributed by atoms with Crippen LogP contribution >= 0.6 is 0 Å². The highest BCUT2D eigenvalue weighted by Crippen LogP contribution is 2.29. The molecule has 1 fully saturated rings. The number of aromatic nitrogens is 5. The highest BCUT2D eigenvalue weighted by molar-refractivity contribution is 5.84. The van der Waals surface area contributed by atoms with E-state index < -0.39 is 0 Å². The van der Waals surface area contributed by atoms with Crippen LogP contribution in [0.5, 0.6) is 0 Å². The van der Waals surface area contributed by atoms with Gasteiger partial charge in [-0.3, -0.25) is 9.69 Å². The highest BCUT2D eigenvalue weighted by Gasteiger charge is 2.20. The fourth-order valence-electron chi connectivity index (χ4n) is 4.24. The minimum absolute atomic E-state index is 0.198. The van der Waals surface area contributed by atoms with Gasteiger partial charge in [-0.1, -0.05) is 12.1 Å². The Balaban J connectivity index is 1.50. The maximum atomic E-state index is 13.5. The van der Waals surface area contributed by atoms with Gasteiger partial charge in [0.25, 0.3) is 5.56 Å². The van der Waals surface area contributed by atoms with E-state index in [1.807, 2.05) is 6.07 Å². The monoisotopic (exact) mass is 452 g/mol. The Kier molecular flexibility index (Phi) is 6.12.